The molecular weight excluding hydrogens is 258 g/mol. The Morgan fingerprint density at radius 3 is 2.56 bits per heavy atom. The third-order valence-electron chi connectivity index (χ3n) is 2.23. The predicted molar refractivity (Wildman–Crippen MR) is 67.2 cm³/mol. The van der Waals surface area contributed by atoms with E-state index in [-0.39, 0.29) is 17.9 Å². The smallest absolute Gasteiger partial charge is 0.337 e. The lowest BCUT2D eigenvalue weighted by atomic mass is 10.3. The molecule has 0 aliphatic heterocycles. The van der Waals surface area contributed by atoms with Gasteiger partial charge in [0.15, 0.2) is 0 Å². The van der Waals surface area contributed by atoms with Crippen molar-refractivity contribution in [3.8, 4) is 0 Å². The average Bonchev–Trinajstić information content (AvgIpc) is 2.29. The van der Waals surface area contributed by atoms with Crippen molar-refractivity contribution in [3.05, 3.63) is 23.9 Å². The van der Waals surface area contributed by atoms with E-state index in [2.05, 4.69) is 10.3 Å². The third-order valence-corrected chi connectivity index (χ3v) is 4.07. The van der Waals surface area contributed by atoms with E-state index in [9.17, 15) is 13.2 Å². The fraction of sp³-hybridized carbons (Fsp3) is 0.400. The van der Waals surface area contributed by atoms with E-state index < -0.39 is 16.0 Å². The number of carboxylic acids is 1. The first-order valence-electron chi connectivity index (χ1n) is 5.16. The highest BCUT2D eigenvalue weighted by Gasteiger charge is 2.12. The monoisotopic (exact) mass is 273 g/mol. The molecule has 0 amide bonds. The highest BCUT2D eigenvalue weighted by molar-refractivity contribution is 7.89. The molecule has 0 aliphatic carbocycles. The van der Waals surface area contributed by atoms with E-state index in [4.69, 9.17) is 5.11 Å². The van der Waals surface area contributed by atoms with Gasteiger partial charge in [-0.25, -0.2) is 22.5 Å². The fourth-order valence-electron chi connectivity index (χ4n) is 1.12. The zero-order valence-electron chi connectivity index (χ0n) is 10.1. The van der Waals surface area contributed by atoms with E-state index in [0.717, 1.165) is 4.31 Å². The zero-order valence-corrected chi connectivity index (χ0v) is 10.9. The number of pyridine rings is 1. The standard InChI is InChI=1S/C10H15N3O4S/c1-13(2)18(16,17)6-5-11-9-4-3-8(7-12-9)10(14)15/h3-4,7H,5-6H2,1-2H3,(H,11,12)(H,14,15). The van der Waals surface area contributed by atoms with Crippen LogP contribution in [0.3, 0.4) is 0 Å². The minimum absolute atomic E-state index is 0.0532. The van der Waals surface area contributed by atoms with Crippen LogP contribution < -0.4 is 5.32 Å². The summed E-state index contributed by atoms with van der Waals surface area (Å²) in [4.78, 5) is 14.5. The van der Waals surface area contributed by atoms with Gasteiger partial charge in [0, 0.05) is 26.8 Å². The number of hydrogen-bond donors (Lipinski definition) is 2. The van der Waals surface area contributed by atoms with Crippen molar-refractivity contribution in [2.75, 3.05) is 31.7 Å². The number of carbonyl (C=O) groups is 1. The van der Waals surface area contributed by atoms with Crippen molar-refractivity contribution in [2.24, 2.45) is 0 Å². The number of sulfonamides is 1. The second-order valence-corrected chi connectivity index (χ2v) is 6.06. The Bertz CT molecular complexity index is 510. The number of aromatic carboxylic acids is 1. The van der Waals surface area contributed by atoms with Gasteiger partial charge >= 0.3 is 5.97 Å². The molecule has 0 fully saturated rings. The van der Waals surface area contributed by atoms with Gasteiger partial charge in [-0.2, -0.15) is 0 Å². The van der Waals surface area contributed by atoms with Gasteiger partial charge in [0.2, 0.25) is 10.0 Å². The van der Waals surface area contributed by atoms with Gasteiger partial charge < -0.3 is 10.4 Å². The summed E-state index contributed by atoms with van der Waals surface area (Å²) in [7, 11) is -0.306. The van der Waals surface area contributed by atoms with E-state index in [1.807, 2.05) is 0 Å². The van der Waals surface area contributed by atoms with Crippen LogP contribution in [0, 0.1) is 0 Å². The lowest BCUT2D eigenvalue weighted by Gasteiger charge is -2.11. The summed E-state index contributed by atoms with van der Waals surface area (Å²) in [6.45, 7) is 0.208. The largest absolute Gasteiger partial charge is 0.478 e. The lowest BCUT2D eigenvalue weighted by Crippen LogP contribution is -2.28. The molecule has 2 N–H and O–H groups in total. The van der Waals surface area contributed by atoms with Crippen LogP contribution in [0.1, 0.15) is 10.4 Å². The maximum atomic E-state index is 11.5. The summed E-state index contributed by atoms with van der Waals surface area (Å²) in [6, 6.07) is 2.89. The van der Waals surface area contributed by atoms with Crippen molar-refractivity contribution >= 4 is 21.8 Å². The summed E-state index contributed by atoms with van der Waals surface area (Å²) in [5, 5.41) is 11.5. The Balaban J connectivity index is 2.52. The molecule has 1 heterocycles. The van der Waals surface area contributed by atoms with Crippen LogP contribution in [0.15, 0.2) is 18.3 Å². The normalized spacial score (nSPS) is 11.5. The molecule has 1 aromatic heterocycles. The Labute approximate surface area is 106 Å². The molecule has 0 unspecified atom stereocenters. The van der Waals surface area contributed by atoms with Crippen molar-refractivity contribution < 1.29 is 18.3 Å². The van der Waals surface area contributed by atoms with Crippen LogP contribution in [0.5, 0.6) is 0 Å². The molecule has 0 aromatic carbocycles. The second kappa shape index (κ2) is 5.78. The number of nitrogens with one attached hydrogen (secondary N) is 1. The zero-order chi connectivity index (χ0) is 13.8. The van der Waals surface area contributed by atoms with Gasteiger partial charge in [-0.3, -0.25) is 0 Å². The minimum Gasteiger partial charge on any atom is -0.478 e. The van der Waals surface area contributed by atoms with Gasteiger partial charge in [0.05, 0.1) is 11.3 Å². The first kappa shape index (κ1) is 14.4. The minimum atomic E-state index is -3.24. The van der Waals surface area contributed by atoms with Crippen molar-refractivity contribution in [1.82, 2.24) is 9.29 Å². The number of rotatable bonds is 6. The molecule has 8 heteroatoms. The molecule has 1 rings (SSSR count). The molecule has 18 heavy (non-hydrogen) atoms. The average molecular weight is 273 g/mol. The van der Waals surface area contributed by atoms with Gasteiger partial charge in [-0.05, 0) is 12.1 Å². The Hall–Kier alpha value is -1.67. The van der Waals surface area contributed by atoms with Gasteiger partial charge in [0.1, 0.15) is 5.82 Å². The van der Waals surface area contributed by atoms with Crippen LogP contribution in [-0.4, -0.2) is 55.2 Å². The number of aromatic nitrogens is 1. The molecule has 0 atom stereocenters. The molecule has 0 bridgehead atoms. The highest BCUT2D eigenvalue weighted by atomic mass is 32.2. The molecule has 0 saturated carbocycles. The molecule has 100 valence electrons. The van der Waals surface area contributed by atoms with Gasteiger partial charge in [0.25, 0.3) is 0 Å². The fourth-order valence-corrected chi connectivity index (χ4v) is 1.84. The number of anilines is 1. The molecule has 0 spiro atoms. The topological polar surface area (TPSA) is 99.6 Å². The predicted octanol–water partition coefficient (Wildman–Crippen LogP) is 0.0831. The summed E-state index contributed by atoms with van der Waals surface area (Å²) in [6.07, 6.45) is 1.21. The molecule has 0 aliphatic rings. The first-order chi connectivity index (χ1) is 8.33. The number of carboxylic acid groups (broad SMARTS) is 1. The highest BCUT2D eigenvalue weighted by Crippen LogP contribution is 2.05. The van der Waals surface area contributed by atoms with E-state index in [0.29, 0.717) is 5.82 Å². The lowest BCUT2D eigenvalue weighted by molar-refractivity contribution is 0.0696. The molecule has 0 saturated heterocycles. The molecule has 1 aromatic rings. The summed E-state index contributed by atoms with van der Waals surface area (Å²) >= 11 is 0. The molecular formula is C10H15N3O4S. The Kier molecular flexibility index (Phi) is 4.62. The van der Waals surface area contributed by atoms with Crippen LogP contribution >= 0.6 is 0 Å². The van der Waals surface area contributed by atoms with E-state index in [1.165, 1.54) is 32.4 Å². The van der Waals surface area contributed by atoms with Crippen molar-refractivity contribution in [1.29, 1.82) is 0 Å². The summed E-state index contributed by atoms with van der Waals surface area (Å²) in [5.41, 5.74) is 0.0847. The SMILES string of the molecule is CN(C)S(=O)(=O)CCNc1ccc(C(=O)O)cn1. The van der Waals surface area contributed by atoms with Crippen molar-refractivity contribution in [3.63, 3.8) is 0 Å². The third kappa shape index (κ3) is 3.97. The summed E-state index contributed by atoms with van der Waals surface area (Å²) in [5.74, 6) is -0.666. The maximum Gasteiger partial charge on any atom is 0.337 e. The molecule has 0 radical (unpaired) electrons. The van der Waals surface area contributed by atoms with Crippen LogP contribution in [0.4, 0.5) is 5.82 Å². The van der Waals surface area contributed by atoms with Gasteiger partial charge in [-0.15, -0.1) is 0 Å². The van der Waals surface area contributed by atoms with Crippen molar-refractivity contribution in [2.45, 2.75) is 0 Å². The van der Waals surface area contributed by atoms with Crippen LogP contribution in [-0.2, 0) is 10.0 Å². The second-order valence-electron chi connectivity index (χ2n) is 3.76. The first-order valence-corrected chi connectivity index (χ1v) is 6.77. The number of hydrogen-bond acceptors (Lipinski definition) is 5. The van der Waals surface area contributed by atoms with Crippen LogP contribution in [0.2, 0.25) is 0 Å². The summed E-state index contributed by atoms with van der Waals surface area (Å²) < 4.78 is 24.1. The Morgan fingerprint density at radius 2 is 2.11 bits per heavy atom. The molecule has 7 nitrogen and oxygen atoms in total. The van der Waals surface area contributed by atoms with Gasteiger partial charge in [-0.1, -0.05) is 0 Å². The maximum absolute atomic E-state index is 11.5. The van der Waals surface area contributed by atoms with E-state index >= 15 is 0 Å². The quantitative estimate of drug-likeness (QED) is 0.761. The Morgan fingerprint density at radius 1 is 1.44 bits per heavy atom. The van der Waals surface area contributed by atoms with E-state index in [1.54, 1.807) is 0 Å². The van der Waals surface area contributed by atoms with Crippen LogP contribution in [0.25, 0.3) is 0 Å². The number of nitrogens with zero attached hydrogens (tertiary/aromatic N) is 2.